The number of nitrogens with one attached hydrogen (secondary N) is 3. The Kier molecular flexibility index (Phi) is 7.90. The van der Waals surface area contributed by atoms with Gasteiger partial charge in [-0.15, -0.1) is 0 Å². The summed E-state index contributed by atoms with van der Waals surface area (Å²) < 4.78 is 13.0. The average molecular weight is 545 g/mol. The minimum Gasteiger partial charge on any atom is -0.492 e. The highest BCUT2D eigenvalue weighted by molar-refractivity contribution is 6.07. The maximum absolute atomic E-state index is 13.2. The molecule has 1 saturated heterocycles. The van der Waals surface area contributed by atoms with Crippen LogP contribution in [0.4, 0.5) is 16.3 Å². The smallest absolute Gasteiger partial charge is 0.324 e. The molecule has 3 N–H and O–H groups in total. The second-order valence-electron chi connectivity index (χ2n) is 11.0. The van der Waals surface area contributed by atoms with Gasteiger partial charge in [0.2, 0.25) is 0 Å². The van der Waals surface area contributed by atoms with Crippen molar-refractivity contribution in [2.24, 2.45) is 0 Å². The van der Waals surface area contributed by atoms with Crippen molar-refractivity contribution in [1.29, 1.82) is 0 Å². The van der Waals surface area contributed by atoms with Crippen LogP contribution in [0, 0.1) is 6.92 Å². The predicted molar refractivity (Wildman–Crippen MR) is 157 cm³/mol. The van der Waals surface area contributed by atoms with E-state index in [2.05, 4.69) is 25.6 Å². The fraction of sp³-hybridized carbons (Fsp3) is 0.367. The Balaban J connectivity index is 1.35. The summed E-state index contributed by atoms with van der Waals surface area (Å²) >= 11 is 0. The third kappa shape index (κ3) is 6.19. The number of morpholine rings is 1. The highest BCUT2D eigenvalue weighted by Crippen LogP contribution is 2.32. The Morgan fingerprint density at radius 2 is 1.80 bits per heavy atom. The number of rotatable bonds is 7. The molecule has 2 aromatic carbocycles. The maximum atomic E-state index is 13.2. The molecule has 210 valence electrons. The molecule has 40 heavy (non-hydrogen) atoms. The molecule has 2 aromatic heterocycles. The monoisotopic (exact) mass is 544 g/mol. The highest BCUT2D eigenvalue weighted by atomic mass is 16.5. The lowest BCUT2D eigenvalue weighted by Gasteiger charge is -2.26. The molecule has 0 aliphatic carbocycles. The number of nitrogens with zero attached hydrogens (tertiary/aromatic N) is 3. The number of pyridine rings is 1. The van der Waals surface area contributed by atoms with Gasteiger partial charge in [0.05, 0.1) is 24.6 Å². The topological polar surface area (TPSA) is 114 Å². The second kappa shape index (κ2) is 11.5. The minimum absolute atomic E-state index is 0.288. The van der Waals surface area contributed by atoms with E-state index in [0.717, 1.165) is 60.8 Å². The van der Waals surface area contributed by atoms with Crippen molar-refractivity contribution in [3.63, 3.8) is 0 Å². The minimum atomic E-state index is -0.448. The number of aryl methyl sites for hydroxylation is 1. The molecule has 1 fully saturated rings. The lowest BCUT2D eigenvalue weighted by molar-refractivity contribution is 0.0323. The first-order valence-corrected chi connectivity index (χ1v) is 13.5. The molecular weight excluding hydrogens is 508 g/mol. The van der Waals surface area contributed by atoms with Crippen LogP contribution in [0.15, 0.2) is 59.4 Å². The molecule has 5 rings (SSSR count). The fourth-order valence-corrected chi connectivity index (χ4v) is 4.64. The van der Waals surface area contributed by atoms with E-state index in [9.17, 15) is 9.59 Å². The van der Waals surface area contributed by atoms with Crippen molar-refractivity contribution in [1.82, 2.24) is 19.7 Å². The molecular formula is C30H36N6O4. The van der Waals surface area contributed by atoms with E-state index >= 15 is 0 Å². The van der Waals surface area contributed by atoms with Crippen LogP contribution in [0.25, 0.3) is 16.5 Å². The summed E-state index contributed by atoms with van der Waals surface area (Å²) in [5, 5.41) is 12.3. The van der Waals surface area contributed by atoms with E-state index in [1.54, 1.807) is 18.2 Å². The fourth-order valence-electron chi connectivity index (χ4n) is 4.64. The quantitative estimate of drug-likeness (QED) is 0.312. The molecule has 0 radical (unpaired) electrons. The highest BCUT2D eigenvalue weighted by Gasteiger charge is 2.23. The van der Waals surface area contributed by atoms with E-state index in [4.69, 9.17) is 9.47 Å². The Bertz CT molecular complexity index is 1560. The van der Waals surface area contributed by atoms with Gasteiger partial charge in [0.15, 0.2) is 0 Å². The van der Waals surface area contributed by atoms with Crippen LogP contribution in [0.3, 0.4) is 0 Å². The molecule has 0 unspecified atom stereocenters. The summed E-state index contributed by atoms with van der Waals surface area (Å²) in [7, 11) is 0. The molecule has 10 heteroatoms. The largest absolute Gasteiger partial charge is 0.492 e. The van der Waals surface area contributed by atoms with Gasteiger partial charge in [0.1, 0.15) is 23.9 Å². The van der Waals surface area contributed by atoms with Crippen LogP contribution in [0.1, 0.15) is 32.2 Å². The zero-order valence-electron chi connectivity index (χ0n) is 23.4. The number of carbonyl (C=O) groups excluding carboxylic acids is 1. The van der Waals surface area contributed by atoms with Crippen molar-refractivity contribution in [2.75, 3.05) is 50.1 Å². The van der Waals surface area contributed by atoms with Gasteiger partial charge in [0, 0.05) is 47.6 Å². The number of amides is 2. The van der Waals surface area contributed by atoms with Crippen LogP contribution in [0.5, 0.6) is 5.75 Å². The van der Waals surface area contributed by atoms with E-state index in [-0.39, 0.29) is 11.0 Å². The first-order valence-electron chi connectivity index (χ1n) is 13.5. The van der Waals surface area contributed by atoms with Crippen molar-refractivity contribution in [3.05, 3.63) is 76.3 Å². The van der Waals surface area contributed by atoms with Gasteiger partial charge in [0.25, 0.3) is 5.56 Å². The molecule has 2 amide bonds. The Hall–Kier alpha value is -4.15. The van der Waals surface area contributed by atoms with Crippen molar-refractivity contribution in [2.45, 2.75) is 33.1 Å². The summed E-state index contributed by atoms with van der Waals surface area (Å²) in [6.45, 7) is 12.6. The lowest BCUT2D eigenvalue weighted by Crippen LogP contribution is -2.38. The number of urea groups is 1. The van der Waals surface area contributed by atoms with Gasteiger partial charge in [-0.05, 0) is 31.2 Å². The molecule has 3 heterocycles. The molecule has 0 atom stereocenters. The average Bonchev–Trinajstić information content (AvgIpc) is 3.34. The van der Waals surface area contributed by atoms with Gasteiger partial charge in [-0.1, -0.05) is 45.0 Å². The summed E-state index contributed by atoms with van der Waals surface area (Å²) in [6.07, 6.45) is 0. The predicted octanol–water partition coefficient (Wildman–Crippen LogP) is 4.67. The van der Waals surface area contributed by atoms with Crippen LogP contribution < -0.4 is 20.9 Å². The number of benzene rings is 2. The third-order valence-corrected chi connectivity index (χ3v) is 6.88. The Morgan fingerprint density at radius 1 is 1.05 bits per heavy atom. The number of hydrogen-bond donors (Lipinski definition) is 3. The number of fused-ring (bicyclic) bond motifs is 1. The van der Waals surface area contributed by atoms with Gasteiger partial charge in [-0.3, -0.25) is 15.0 Å². The lowest BCUT2D eigenvalue weighted by atomic mass is 9.92. The van der Waals surface area contributed by atoms with Crippen LogP contribution >= 0.6 is 0 Å². The molecule has 0 spiro atoms. The van der Waals surface area contributed by atoms with Gasteiger partial charge >= 0.3 is 6.03 Å². The standard InChI is InChI=1S/C30H36N6O4/c1-20-9-11-24(28(37)31-20)36-27(19-26(34-36)30(2,3)4)33-29(38)32-23-10-12-25(22-8-6-5-7-21(22)23)40-18-15-35-13-16-39-17-14-35/h5-12,19H,13-18H2,1-4H3,(H,31,37)(H2,32,33,38). The van der Waals surface area contributed by atoms with Crippen LogP contribution in [-0.2, 0) is 10.2 Å². The normalized spacial score (nSPS) is 14.3. The number of aromatic amines is 1. The first kappa shape index (κ1) is 27.4. The van der Waals surface area contributed by atoms with E-state index in [1.165, 1.54) is 4.68 Å². The van der Waals surface area contributed by atoms with E-state index in [1.807, 2.05) is 64.1 Å². The Labute approximate surface area is 233 Å². The molecule has 0 bridgehead atoms. The number of hydrogen-bond acceptors (Lipinski definition) is 6. The summed E-state index contributed by atoms with van der Waals surface area (Å²) in [6, 6.07) is 16.4. The maximum Gasteiger partial charge on any atom is 0.324 e. The first-order chi connectivity index (χ1) is 19.2. The number of carbonyl (C=O) groups is 1. The van der Waals surface area contributed by atoms with Crippen LogP contribution in [-0.4, -0.2) is 65.2 Å². The number of anilines is 2. The second-order valence-corrected chi connectivity index (χ2v) is 11.0. The van der Waals surface area contributed by atoms with Crippen LogP contribution in [0.2, 0.25) is 0 Å². The van der Waals surface area contributed by atoms with Crippen molar-refractivity contribution in [3.8, 4) is 11.4 Å². The van der Waals surface area contributed by atoms with Crippen molar-refractivity contribution >= 4 is 28.3 Å². The number of H-pyrrole nitrogens is 1. The zero-order chi connectivity index (χ0) is 28.3. The van der Waals surface area contributed by atoms with Gasteiger partial charge < -0.3 is 19.8 Å². The molecule has 10 nitrogen and oxygen atoms in total. The molecule has 0 saturated carbocycles. The summed E-state index contributed by atoms with van der Waals surface area (Å²) in [5.41, 5.74) is 1.87. The van der Waals surface area contributed by atoms with Gasteiger partial charge in [-0.2, -0.15) is 5.10 Å². The Morgan fingerprint density at radius 3 is 2.52 bits per heavy atom. The SMILES string of the molecule is Cc1ccc(-n2nc(C(C)(C)C)cc2NC(=O)Nc2ccc(OCCN3CCOCC3)c3ccccc23)c(=O)[nH]1. The molecule has 1 aliphatic heterocycles. The summed E-state index contributed by atoms with van der Waals surface area (Å²) in [4.78, 5) is 31.1. The van der Waals surface area contributed by atoms with Crippen molar-refractivity contribution < 1.29 is 14.3 Å². The molecule has 1 aliphatic rings. The summed E-state index contributed by atoms with van der Waals surface area (Å²) in [5.74, 6) is 1.16. The van der Waals surface area contributed by atoms with E-state index < -0.39 is 6.03 Å². The molecule has 4 aromatic rings. The number of aromatic nitrogens is 3. The van der Waals surface area contributed by atoms with Gasteiger partial charge in [-0.25, -0.2) is 9.48 Å². The van der Waals surface area contributed by atoms with E-state index in [0.29, 0.717) is 23.8 Å². The number of ether oxygens (including phenoxy) is 2. The third-order valence-electron chi connectivity index (χ3n) is 6.88. The zero-order valence-corrected chi connectivity index (χ0v) is 23.4.